The number of nitrogens with zero attached hydrogens (tertiary/aromatic N) is 2. The van der Waals surface area contributed by atoms with E-state index < -0.39 is 12.0 Å². The van der Waals surface area contributed by atoms with E-state index in [4.69, 9.17) is 0 Å². The summed E-state index contributed by atoms with van der Waals surface area (Å²) < 4.78 is 35.6. The smallest absolute Gasteiger partial charge is 0.296 e. The highest BCUT2D eigenvalue weighted by Crippen LogP contribution is 2.25. The summed E-state index contributed by atoms with van der Waals surface area (Å²) in [5.41, 5.74) is -0.280. The molecule has 0 spiro atoms. The Morgan fingerprint density at radius 3 is 2.58 bits per heavy atom. The SMILES string of the molecule is O=Cc1ccnc(C(F)(F)F)n1. The van der Waals surface area contributed by atoms with Gasteiger partial charge < -0.3 is 0 Å². The lowest BCUT2D eigenvalue weighted by Crippen LogP contribution is -2.11. The normalized spacial score (nSPS) is 11.2. The van der Waals surface area contributed by atoms with Gasteiger partial charge in [0.1, 0.15) is 5.69 Å². The van der Waals surface area contributed by atoms with Crippen LogP contribution >= 0.6 is 0 Å². The van der Waals surface area contributed by atoms with E-state index in [9.17, 15) is 18.0 Å². The fourth-order valence-corrected chi connectivity index (χ4v) is 0.575. The molecule has 0 N–H and O–H groups in total. The molecule has 6 heteroatoms. The third-order valence-electron chi connectivity index (χ3n) is 1.05. The zero-order valence-corrected chi connectivity index (χ0v) is 5.67. The van der Waals surface area contributed by atoms with E-state index in [1.54, 1.807) is 0 Å². The first kappa shape index (κ1) is 8.63. The molecule has 0 fully saturated rings. The molecule has 0 unspecified atom stereocenters. The van der Waals surface area contributed by atoms with E-state index in [1.165, 1.54) is 0 Å². The van der Waals surface area contributed by atoms with Crippen LogP contribution in [0.2, 0.25) is 0 Å². The molecule has 0 radical (unpaired) electrons. The summed E-state index contributed by atoms with van der Waals surface area (Å²) in [6.07, 6.45) is -3.48. The molecule has 0 amide bonds. The van der Waals surface area contributed by atoms with Gasteiger partial charge in [0.15, 0.2) is 6.29 Å². The highest BCUT2D eigenvalue weighted by molar-refractivity contribution is 5.71. The molecule has 0 saturated carbocycles. The van der Waals surface area contributed by atoms with Crippen LogP contribution < -0.4 is 0 Å². The summed E-state index contributed by atoms with van der Waals surface area (Å²) >= 11 is 0. The van der Waals surface area contributed by atoms with Crippen molar-refractivity contribution in [3.05, 3.63) is 23.8 Å². The van der Waals surface area contributed by atoms with Crippen LogP contribution in [0.4, 0.5) is 13.2 Å². The number of aromatic nitrogens is 2. The fraction of sp³-hybridized carbons (Fsp3) is 0.167. The summed E-state index contributed by atoms with van der Waals surface area (Å²) in [4.78, 5) is 15.9. The zero-order valence-electron chi connectivity index (χ0n) is 5.67. The Kier molecular flexibility index (Phi) is 2.07. The highest BCUT2D eigenvalue weighted by atomic mass is 19.4. The molecule has 0 aliphatic rings. The van der Waals surface area contributed by atoms with Crippen LogP contribution in [0.1, 0.15) is 16.3 Å². The van der Waals surface area contributed by atoms with Crippen molar-refractivity contribution in [2.75, 3.05) is 0 Å². The van der Waals surface area contributed by atoms with E-state index in [0.29, 0.717) is 0 Å². The second kappa shape index (κ2) is 2.88. The molecule has 1 aromatic heterocycles. The van der Waals surface area contributed by atoms with Crippen LogP contribution in [0.25, 0.3) is 0 Å². The molecule has 1 heterocycles. The minimum atomic E-state index is -4.60. The van der Waals surface area contributed by atoms with Gasteiger partial charge in [-0.25, -0.2) is 9.97 Å². The van der Waals surface area contributed by atoms with Gasteiger partial charge >= 0.3 is 6.18 Å². The zero-order chi connectivity index (χ0) is 9.19. The maximum Gasteiger partial charge on any atom is 0.451 e. The van der Waals surface area contributed by atoms with Gasteiger partial charge in [0.2, 0.25) is 5.82 Å². The Morgan fingerprint density at radius 2 is 2.08 bits per heavy atom. The van der Waals surface area contributed by atoms with Crippen LogP contribution in [0, 0.1) is 0 Å². The molecule has 0 aliphatic carbocycles. The molecule has 1 aromatic rings. The number of carbonyl (C=O) groups excluding carboxylic acids is 1. The number of hydrogen-bond acceptors (Lipinski definition) is 3. The number of halogens is 3. The maximum atomic E-state index is 11.9. The Hall–Kier alpha value is -1.46. The van der Waals surface area contributed by atoms with Gasteiger partial charge in [-0.3, -0.25) is 4.79 Å². The van der Waals surface area contributed by atoms with Crippen molar-refractivity contribution in [1.82, 2.24) is 9.97 Å². The van der Waals surface area contributed by atoms with E-state index >= 15 is 0 Å². The number of carbonyl (C=O) groups is 1. The lowest BCUT2D eigenvalue weighted by atomic mass is 10.4. The topological polar surface area (TPSA) is 42.9 Å². The average molecular weight is 176 g/mol. The molecule has 0 aliphatic heterocycles. The van der Waals surface area contributed by atoms with Gasteiger partial charge in [-0.05, 0) is 6.07 Å². The quantitative estimate of drug-likeness (QED) is 0.606. The first-order valence-electron chi connectivity index (χ1n) is 2.89. The maximum absolute atomic E-state index is 11.9. The Labute approximate surface area is 65.3 Å². The summed E-state index contributed by atoms with van der Waals surface area (Å²) in [6, 6.07) is 1.10. The first-order chi connectivity index (χ1) is 5.54. The van der Waals surface area contributed by atoms with Gasteiger partial charge in [-0.15, -0.1) is 0 Å². The minimum absolute atomic E-state index is 0.233. The number of aldehydes is 1. The third kappa shape index (κ3) is 1.77. The predicted molar refractivity (Wildman–Crippen MR) is 32.4 cm³/mol. The second-order valence-corrected chi connectivity index (χ2v) is 1.92. The first-order valence-corrected chi connectivity index (χ1v) is 2.89. The molecule has 12 heavy (non-hydrogen) atoms. The number of alkyl halides is 3. The van der Waals surface area contributed by atoms with E-state index in [-0.39, 0.29) is 12.0 Å². The molecular formula is C6H3F3N2O. The van der Waals surface area contributed by atoms with Crippen molar-refractivity contribution < 1.29 is 18.0 Å². The number of rotatable bonds is 1. The van der Waals surface area contributed by atoms with E-state index in [2.05, 4.69) is 9.97 Å². The predicted octanol–water partition coefficient (Wildman–Crippen LogP) is 1.31. The Morgan fingerprint density at radius 1 is 1.42 bits per heavy atom. The van der Waals surface area contributed by atoms with Gasteiger partial charge in [0.25, 0.3) is 0 Å². The standard InChI is InChI=1S/C6H3F3N2O/c7-6(8,9)5-10-2-1-4(3-12)11-5/h1-3H. The molecule has 3 nitrogen and oxygen atoms in total. The molecule has 0 saturated heterocycles. The van der Waals surface area contributed by atoms with Crippen molar-refractivity contribution in [3.63, 3.8) is 0 Å². The van der Waals surface area contributed by atoms with Gasteiger partial charge in [-0.1, -0.05) is 0 Å². The lowest BCUT2D eigenvalue weighted by molar-refractivity contribution is -0.145. The molecular weight excluding hydrogens is 173 g/mol. The van der Waals surface area contributed by atoms with Gasteiger partial charge in [0, 0.05) is 6.20 Å². The van der Waals surface area contributed by atoms with Crippen LogP contribution in [-0.2, 0) is 6.18 Å². The molecule has 0 bridgehead atoms. The molecule has 0 atom stereocenters. The largest absolute Gasteiger partial charge is 0.451 e. The van der Waals surface area contributed by atoms with Gasteiger partial charge in [-0.2, -0.15) is 13.2 Å². The summed E-state index contributed by atoms with van der Waals surface area (Å²) in [7, 11) is 0. The van der Waals surface area contributed by atoms with Crippen LogP contribution in [-0.4, -0.2) is 16.3 Å². The summed E-state index contributed by atoms with van der Waals surface area (Å²) in [5.74, 6) is -1.30. The number of hydrogen-bond donors (Lipinski definition) is 0. The minimum Gasteiger partial charge on any atom is -0.296 e. The van der Waals surface area contributed by atoms with Crippen LogP contribution in [0.5, 0.6) is 0 Å². The Bertz CT molecular complexity index is 297. The molecule has 1 rings (SSSR count). The molecule has 0 aromatic carbocycles. The van der Waals surface area contributed by atoms with E-state index in [0.717, 1.165) is 12.3 Å². The second-order valence-electron chi connectivity index (χ2n) is 1.92. The lowest BCUT2D eigenvalue weighted by Gasteiger charge is -2.02. The Balaban J connectivity index is 3.10. The highest BCUT2D eigenvalue weighted by Gasteiger charge is 2.34. The van der Waals surface area contributed by atoms with Crippen molar-refractivity contribution in [2.45, 2.75) is 6.18 Å². The van der Waals surface area contributed by atoms with Crippen LogP contribution in [0.15, 0.2) is 12.3 Å². The van der Waals surface area contributed by atoms with Crippen molar-refractivity contribution in [2.24, 2.45) is 0 Å². The van der Waals surface area contributed by atoms with Crippen LogP contribution in [0.3, 0.4) is 0 Å². The summed E-state index contributed by atoms with van der Waals surface area (Å²) in [6.45, 7) is 0. The van der Waals surface area contributed by atoms with E-state index in [1.807, 2.05) is 0 Å². The van der Waals surface area contributed by atoms with Crippen molar-refractivity contribution in [3.8, 4) is 0 Å². The third-order valence-corrected chi connectivity index (χ3v) is 1.05. The monoisotopic (exact) mass is 176 g/mol. The molecule has 64 valence electrons. The summed E-state index contributed by atoms with van der Waals surface area (Å²) in [5, 5.41) is 0. The fourth-order valence-electron chi connectivity index (χ4n) is 0.575. The van der Waals surface area contributed by atoms with Crippen molar-refractivity contribution >= 4 is 6.29 Å². The average Bonchev–Trinajstić information content (AvgIpc) is 2.03. The van der Waals surface area contributed by atoms with Gasteiger partial charge in [0.05, 0.1) is 0 Å². The van der Waals surface area contributed by atoms with Crippen molar-refractivity contribution in [1.29, 1.82) is 0 Å².